The molecule has 0 radical (unpaired) electrons. The molecule has 0 heterocycles. The molecule has 0 aromatic heterocycles. The zero-order valence-electron chi connectivity index (χ0n) is 15.4. The van der Waals surface area contributed by atoms with Crippen molar-refractivity contribution in [2.24, 2.45) is 0 Å². The van der Waals surface area contributed by atoms with E-state index in [2.05, 4.69) is 21.5 Å². The van der Waals surface area contributed by atoms with Gasteiger partial charge >= 0.3 is 0 Å². The number of nitrogens with zero attached hydrogens (tertiary/aromatic N) is 1. The van der Waals surface area contributed by atoms with Crippen molar-refractivity contribution in [1.29, 1.82) is 0 Å². The number of carbonyl (C=O) groups excluding carboxylic acids is 1. The van der Waals surface area contributed by atoms with E-state index in [0.717, 1.165) is 12.2 Å². The van der Waals surface area contributed by atoms with Crippen molar-refractivity contribution in [2.45, 2.75) is 11.3 Å². The van der Waals surface area contributed by atoms with E-state index in [-0.39, 0.29) is 10.8 Å². The van der Waals surface area contributed by atoms with Crippen LogP contribution < -0.4 is 14.9 Å². The lowest BCUT2D eigenvalue weighted by molar-refractivity contribution is 0.0958. The predicted molar refractivity (Wildman–Crippen MR) is 108 cm³/mol. The summed E-state index contributed by atoms with van der Waals surface area (Å²) in [6.45, 7) is 4.89. The van der Waals surface area contributed by atoms with Gasteiger partial charge in [-0.15, -0.1) is 6.58 Å². The summed E-state index contributed by atoms with van der Waals surface area (Å²) >= 11 is 0. The quantitative estimate of drug-likeness (QED) is 0.485. The Hall–Kier alpha value is -2.64. The molecular formula is C20H25N3O3S. The molecule has 0 aliphatic rings. The third-order valence-electron chi connectivity index (χ3n) is 3.97. The number of hydrogen-bond donors (Lipinski definition) is 2. The number of sulfonamides is 1. The van der Waals surface area contributed by atoms with Crippen LogP contribution in [0.5, 0.6) is 0 Å². The van der Waals surface area contributed by atoms with Gasteiger partial charge in [-0.1, -0.05) is 30.3 Å². The van der Waals surface area contributed by atoms with E-state index in [1.807, 2.05) is 37.4 Å². The van der Waals surface area contributed by atoms with Gasteiger partial charge in [-0.25, -0.2) is 13.1 Å². The molecule has 2 N–H and O–H groups in total. The molecule has 2 rings (SSSR count). The Labute approximate surface area is 161 Å². The Morgan fingerprint density at radius 2 is 1.89 bits per heavy atom. The predicted octanol–water partition coefficient (Wildman–Crippen LogP) is 2.41. The van der Waals surface area contributed by atoms with Crippen LogP contribution in [0.1, 0.15) is 16.8 Å². The summed E-state index contributed by atoms with van der Waals surface area (Å²) in [4.78, 5) is 14.1. The smallest absolute Gasteiger partial charge is 0.251 e. The lowest BCUT2D eigenvalue weighted by Gasteiger charge is -2.19. The van der Waals surface area contributed by atoms with Gasteiger partial charge in [0.1, 0.15) is 0 Å². The minimum absolute atomic E-state index is 0.0742. The van der Waals surface area contributed by atoms with E-state index in [1.54, 1.807) is 18.2 Å². The number of para-hydroxylation sites is 1. The zero-order valence-corrected chi connectivity index (χ0v) is 16.2. The first-order chi connectivity index (χ1) is 12.9. The summed E-state index contributed by atoms with van der Waals surface area (Å²) < 4.78 is 27.5. The number of nitrogens with one attached hydrogen (secondary N) is 2. The largest absolute Gasteiger partial charge is 0.375 e. The summed E-state index contributed by atoms with van der Waals surface area (Å²) in [5.74, 6) is -0.337. The molecule has 7 heteroatoms. The maximum absolute atomic E-state index is 12.5. The summed E-state index contributed by atoms with van der Waals surface area (Å²) in [6.07, 6.45) is 2.22. The lowest BCUT2D eigenvalue weighted by atomic mass is 10.2. The van der Waals surface area contributed by atoms with E-state index in [9.17, 15) is 13.2 Å². The topological polar surface area (TPSA) is 78.5 Å². The summed E-state index contributed by atoms with van der Waals surface area (Å²) in [5, 5.41) is 2.63. The molecule has 0 bridgehead atoms. The molecule has 1 amide bonds. The van der Waals surface area contributed by atoms with Gasteiger partial charge in [0, 0.05) is 37.9 Å². The molecular weight excluding hydrogens is 362 g/mol. The van der Waals surface area contributed by atoms with Gasteiger partial charge in [0.2, 0.25) is 10.0 Å². The molecule has 27 heavy (non-hydrogen) atoms. The van der Waals surface area contributed by atoms with E-state index in [1.165, 1.54) is 12.1 Å². The molecule has 144 valence electrons. The molecule has 2 aromatic carbocycles. The van der Waals surface area contributed by atoms with Gasteiger partial charge in [-0.2, -0.15) is 0 Å². The van der Waals surface area contributed by atoms with Gasteiger partial charge < -0.3 is 10.2 Å². The highest BCUT2D eigenvalue weighted by Gasteiger charge is 2.15. The number of rotatable bonds is 10. The minimum Gasteiger partial charge on any atom is -0.375 e. The normalized spacial score (nSPS) is 11.0. The average molecular weight is 388 g/mol. The fourth-order valence-corrected chi connectivity index (χ4v) is 3.61. The van der Waals surface area contributed by atoms with Crippen molar-refractivity contribution in [3.63, 3.8) is 0 Å². The second kappa shape index (κ2) is 9.89. The molecule has 0 unspecified atom stereocenters. The number of hydrogen-bond acceptors (Lipinski definition) is 4. The van der Waals surface area contributed by atoms with E-state index in [4.69, 9.17) is 0 Å². The summed E-state index contributed by atoms with van der Waals surface area (Å²) in [6, 6.07) is 15.9. The summed E-state index contributed by atoms with van der Waals surface area (Å²) in [7, 11) is -1.70. The fraction of sp³-hybridized carbons (Fsp3) is 0.250. The van der Waals surface area contributed by atoms with Crippen molar-refractivity contribution >= 4 is 21.6 Å². The number of benzene rings is 2. The van der Waals surface area contributed by atoms with Crippen molar-refractivity contribution in [2.75, 3.05) is 31.6 Å². The molecule has 0 saturated heterocycles. The van der Waals surface area contributed by atoms with Crippen LogP contribution in [0, 0.1) is 0 Å². The number of carbonyl (C=O) groups is 1. The Morgan fingerprint density at radius 3 is 2.59 bits per heavy atom. The Bertz CT molecular complexity index is 867. The molecule has 0 aliphatic carbocycles. The fourth-order valence-electron chi connectivity index (χ4n) is 2.49. The highest BCUT2D eigenvalue weighted by atomic mass is 32.2. The molecule has 0 atom stereocenters. The van der Waals surface area contributed by atoms with Crippen molar-refractivity contribution in [3.8, 4) is 0 Å². The van der Waals surface area contributed by atoms with Crippen LogP contribution >= 0.6 is 0 Å². The first-order valence-electron chi connectivity index (χ1n) is 8.69. The molecule has 0 spiro atoms. The molecule has 0 fully saturated rings. The highest BCUT2D eigenvalue weighted by molar-refractivity contribution is 7.89. The first kappa shape index (κ1) is 20.7. The summed E-state index contributed by atoms with van der Waals surface area (Å²) in [5.41, 5.74) is 1.38. The van der Waals surface area contributed by atoms with Crippen molar-refractivity contribution in [3.05, 3.63) is 72.8 Å². The molecule has 0 saturated carbocycles. The van der Waals surface area contributed by atoms with Gasteiger partial charge in [-0.3, -0.25) is 4.79 Å². The van der Waals surface area contributed by atoms with Crippen LogP contribution in [-0.2, 0) is 10.0 Å². The van der Waals surface area contributed by atoms with Crippen molar-refractivity contribution < 1.29 is 13.2 Å². The number of anilines is 1. The van der Waals surface area contributed by atoms with E-state index < -0.39 is 10.0 Å². The third kappa shape index (κ3) is 6.23. The Morgan fingerprint density at radius 1 is 1.15 bits per heavy atom. The Balaban J connectivity index is 1.90. The van der Waals surface area contributed by atoms with Gasteiger partial charge in [0.25, 0.3) is 5.91 Å². The van der Waals surface area contributed by atoms with Crippen molar-refractivity contribution in [1.82, 2.24) is 10.0 Å². The zero-order chi connectivity index (χ0) is 19.7. The van der Waals surface area contributed by atoms with Crippen LogP contribution in [0.4, 0.5) is 5.69 Å². The number of amides is 1. The standard InChI is InChI=1S/C20H25N3O3S/c1-3-13-21-20(24)17-9-7-12-19(16-17)27(25,26)22-14-8-15-23(2)18-10-5-4-6-11-18/h3-7,9-12,16,22H,1,8,13-15H2,2H3,(H,21,24). The third-order valence-corrected chi connectivity index (χ3v) is 5.43. The SMILES string of the molecule is C=CCNC(=O)c1cccc(S(=O)(=O)NCCCN(C)c2ccccc2)c1. The van der Waals surface area contributed by atoms with Gasteiger partial charge in [-0.05, 0) is 36.8 Å². The maximum atomic E-state index is 12.5. The van der Waals surface area contributed by atoms with Crippen LogP contribution in [0.3, 0.4) is 0 Å². The Kier molecular flexibility index (Phi) is 7.57. The molecule has 6 nitrogen and oxygen atoms in total. The van der Waals surface area contributed by atoms with Gasteiger partial charge in [0.05, 0.1) is 4.90 Å². The average Bonchev–Trinajstić information content (AvgIpc) is 2.70. The second-order valence-corrected chi connectivity index (χ2v) is 7.80. The maximum Gasteiger partial charge on any atom is 0.251 e. The minimum atomic E-state index is -3.67. The molecule has 0 aliphatic heterocycles. The van der Waals surface area contributed by atoms with Gasteiger partial charge in [0.15, 0.2) is 0 Å². The lowest BCUT2D eigenvalue weighted by Crippen LogP contribution is -2.29. The van der Waals surface area contributed by atoms with E-state index >= 15 is 0 Å². The molecule has 2 aromatic rings. The second-order valence-electron chi connectivity index (χ2n) is 6.03. The van der Waals surface area contributed by atoms with Crippen LogP contribution in [-0.4, -0.2) is 41.0 Å². The van der Waals surface area contributed by atoms with Crippen LogP contribution in [0.25, 0.3) is 0 Å². The van der Waals surface area contributed by atoms with E-state index in [0.29, 0.717) is 25.1 Å². The van der Waals surface area contributed by atoms with Crippen LogP contribution in [0.15, 0.2) is 72.1 Å². The first-order valence-corrected chi connectivity index (χ1v) is 10.2. The highest BCUT2D eigenvalue weighted by Crippen LogP contribution is 2.13. The monoisotopic (exact) mass is 387 g/mol. The van der Waals surface area contributed by atoms with Crippen LogP contribution in [0.2, 0.25) is 0 Å².